The number of aromatic amines is 2. The molecule has 0 fully saturated rings. The molecule has 0 spiro atoms. The topological polar surface area (TPSA) is 99.3 Å². The average molecular weight is 505 g/mol. The fraction of sp³-hybridized carbons (Fsp3) is 0.133. The minimum Gasteiger partial charge on any atom is -0.337 e. The summed E-state index contributed by atoms with van der Waals surface area (Å²) in [6.07, 6.45) is 5.72. The van der Waals surface area contributed by atoms with Crippen LogP contribution in [-0.4, -0.2) is 31.1 Å². The van der Waals surface area contributed by atoms with E-state index in [1.54, 1.807) is 24.5 Å². The third kappa shape index (κ3) is 4.41. The van der Waals surface area contributed by atoms with Gasteiger partial charge in [-0.2, -0.15) is 5.10 Å². The number of nitrogens with zero attached hydrogens (tertiary/aromatic N) is 3. The molecule has 0 aliphatic rings. The molecule has 0 bridgehead atoms. The van der Waals surface area contributed by atoms with Crippen molar-refractivity contribution in [2.24, 2.45) is 0 Å². The Morgan fingerprint density at radius 2 is 1.82 bits per heavy atom. The van der Waals surface area contributed by atoms with Crippen molar-refractivity contribution in [3.8, 4) is 33.8 Å². The first-order valence-corrected chi connectivity index (χ1v) is 12.6. The summed E-state index contributed by atoms with van der Waals surface area (Å²) in [6, 6.07) is 20.2. The average Bonchev–Trinajstić information content (AvgIpc) is 3.56. The van der Waals surface area contributed by atoms with E-state index < -0.39 is 0 Å². The van der Waals surface area contributed by atoms with Crippen LogP contribution in [0.2, 0.25) is 0 Å². The van der Waals surface area contributed by atoms with Crippen molar-refractivity contribution in [3.63, 3.8) is 0 Å². The normalized spacial score (nSPS) is 11.3. The van der Waals surface area contributed by atoms with Crippen molar-refractivity contribution in [2.45, 2.75) is 26.2 Å². The number of carbonyl (C=O) groups excluding carboxylic acids is 1. The summed E-state index contributed by atoms with van der Waals surface area (Å²) >= 11 is 0. The van der Waals surface area contributed by atoms with E-state index in [0.717, 1.165) is 40.4 Å². The minimum absolute atomic E-state index is 0.0157. The SMILES string of the molecule is CCCCC(=O)Nc1cncc(-c2ccc3[nH]nc(-c4nc5c(-c6ccccc6F)cccc5[nH]4)c3c2)c1. The van der Waals surface area contributed by atoms with Crippen LogP contribution < -0.4 is 5.32 Å². The number of amides is 1. The van der Waals surface area contributed by atoms with Crippen LogP contribution >= 0.6 is 0 Å². The molecule has 1 amide bonds. The number of imidazole rings is 1. The van der Waals surface area contributed by atoms with E-state index in [1.165, 1.54) is 6.07 Å². The number of aromatic nitrogens is 5. The van der Waals surface area contributed by atoms with E-state index in [-0.39, 0.29) is 11.7 Å². The van der Waals surface area contributed by atoms with Gasteiger partial charge in [0.25, 0.3) is 0 Å². The summed E-state index contributed by atoms with van der Waals surface area (Å²) in [4.78, 5) is 24.7. The number of benzene rings is 3. The van der Waals surface area contributed by atoms with Crippen molar-refractivity contribution in [3.05, 3.63) is 84.9 Å². The Hall–Kier alpha value is -4.85. The lowest BCUT2D eigenvalue weighted by Gasteiger charge is -2.07. The predicted octanol–water partition coefficient (Wildman–Crippen LogP) is 7.10. The molecule has 3 heterocycles. The van der Waals surface area contributed by atoms with Gasteiger partial charge in [0.2, 0.25) is 5.91 Å². The number of rotatable bonds is 7. The number of hydrogen-bond acceptors (Lipinski definition) is 4. The molecular formula is C30H25FN6O. The second-order valence-electron chi connectivity index (χ2n) is 9.21. The van der Waals surface area contributed by atoms with Gasteiger partial charge in [-0.05, 0) is 42.3 Å². The van der Waals surface area contributed by atoms with E-state index in [0.29, 0.717) is 40.3 Å². The van der Waals surface area contributed by atoms with Crippen molar-refractivity contribution in [1.29, 1.82) is 0 Å². The lowest BCUT2D eigenvalue weighted by atomic mass is 10.0. The second-order valence-corrected chi connectivity index (χ2v) is 9.21. The molecule has 0 aliphatic heterocycles. The smallest absolute Gasteiger partial charge is 0.224 e. The molecule has 0 saturated heterocycles. The van der Waals surface area contributed by atoms with Crippen LogP contribution in [-0.2, 0) is 4.79 Å². The van der Waals surface area contributed by atoms with Gasteiger partial charge in [-0.1, -0.05) is 49.7 Å². The van der Waals surface area contributed by atoms with E-state index in [1.807, 2.05) is 48.5 Å². The third-order valence-electron chi connectivity index (χ3n) is 6.58. The van der Waals surface area contributed by atoms with Gasteiger partial charge in [-0.3, -0.25) is 14.9 Å². The van der Waals surface area contributed by atoms with Crippen molar-refractivity contribution in [1.82, 2.24) is 25.1 Å². The second kappa shape index (κ2) is 9.89. The van der Waals surface area contributed by atoms with E-state index in [2.05, 4.69) is 32.4 Å². The maximum Gasteiger partial charge on any atom is 0.224 e. The summed E-state index contributed by atoms with van der Waals surface area (Å²) in [7, 11) is 0. The number of pyridine rings is 1. The molecular weight excluding hydrogens is 479 g/mol. The molecule has 8 heteroatoms. The first-order chi connectivity index (χ1) is 18.6. The predicted molar refractivity (Wildman–Crippen MR) is 148 cm³/mol. The van der Waals surface area contributed by atoms with Crippen molar-refractivity contribution >= 4 is 33.5 Å². The van der Waals surface area contributed by atoms with E-state index in [9.17, 15) is 9.18 Å². The lowest BCUT2D eigenvalue weighted by Crippen LogP contribution is -2.11. The molecule has 3 aromatic carbocycles. The summed E-state index contributed by atoms with van der Waals surface area (Å²) in [5.74, 6) is 0.275. The number of fused-ring (bicyclic) bond motifs is 2. The minimum atomic E-state index is -0.295. The molecule has 0 unspecified atom stereocenters. The van der Waals surface area contributed by atoms with Gasteiger partial charge in [-0.15, -0.1) is 0 Å². The van der Waals surface area contributed by atoms with Crippen LogP contribution in [0.4, 0.5) is 10.1 Å². The first kappa shape index (κ1) is 23.5. The zero-order chi connectivity index (χ0) is 26.1. The van der Waals surface area contributed by atoms with Gasteiger partial charge in [0.15, 0.2) is 5.82 Å². The summed E-state index contributed by atoms with van der Waals surface area (Å²) in [5, 5.41) is 11.4. The summed E-state index contributed by atoms with van der Waals surface area (Å²) in [6.45, 7) is 2.06. The maximum absolute atomic E-state index is 14.6. The molecule has 0 atom stereocenters. The number of unbranched alkanes of at least 4 members (excludes halogenated alkanes) is 1. The standard InChI is InChI=1S/C30H25FN6O/c1-2-3-11-27(38)33-20-14-19(16-32-17-20)18-12-13-25-23(15-18)29(37-36-25)30-34-26-10-6-8-22(28(26)35-30)21-7-4-5-9-24(21)31/h4-10,12-17H,2-3,11H2,1H3,(H,33,38)(H,34,35)(H,36,37). The van der Waals surface area contributed by atoms with Crippen molar-refractivity contribution < 1.29 is 9.18 Å². The fourth-order valence-electron chi connectivity index (χ4n) is 4.64. The van der Waals surface area contributed by atoms with Crippen LogP contribution in [0.15, 0.2) is 79.1 Å². The molecule has 0 radical (unpaired) electrons. The number of carbonyl (C=O) groups is 1. The highest BCUT2D eigenvalue weighted by molar-refractivity contribution is 5.98. The van der Waals surface area contributed by atoms with Crippen LogP contribution in [0, 0.1) is 5.82 Å². The number of anilines is 1. The highest BCUT2D eigenvalue weighted by atomic mass is 19.1. The Morgan fingerprint density at radius 3 is 2.68 bits per heavy atom. The third-order valence-corrected chi connectivity index (χ3v) is 6.58. The first-order valence-electron chi connectivity index (χ1n) is 12.6. The maximum atomic E-state index is 14.6. The van der Waals surface area contributed by atoms with Crippen LogP contribution in [0.1, 0.15) is 26.2 Å². The molecule has 7 nitrogen and oxygen atoms in total. The Morgan fingerprint density at radius 1 is 0.947 bits per heavy atom. The number of H-pyrrole nitrogens is 2. The van der Waals surface area contributed by atoms with Crippen LogP contribution in [0.25, 0.3) is 55.7 Å². The van der Waals surface area contributed by atoms with Crippen LogP contribution in [0.3, 0.4) is 0 Å². The highest BCUT2D eigenvalue weighted by Crippen LogP contribution is 2.34. The van der Waals surface area contributed by atoms with Gasteiger partial charge in [0.05, 0.1) is 28.4 Å². The number of nitrogens with one attached hydrogen (secondary N) is 3. The van der Waals surface area contributed by atoms with Gasteiger partial charge in [0.1, 0.15) is 11.5 Å². The Labute approximate surface area is 218 Å². The van der Waals surface area contributed by atoms with Gasteiger partial charge < -0.3 is 10.3 Å². The molecule has 3 aromatic heterocycles. The molecule has 6 aromatic rings. The summed E-state index contributed by atoms with van der Waals surface area (Å²) in [5.41, 5.74) is 6.67. The van der Waals surface area contributed by atoms with E-state index >= 15 is 0 Å². The lowest BCUT2D eigenvalue weighted by molar-refractivity contribution is -0.116. The van der Waals surface area contributed by atoms with Crippen molar-refractivity contribution in [2.75, 3.05) is 5.32 Å². The number of para-hydroxylation sites is 1. The summed E-state index contributed by atoms with van der Waals surface area (Å²) < 4.78 is 14.6. The van der Waals surface area contributed by atoms with E-state index in [4.69, 9.17) is 4.98 Å². The van der Waals surface area contributed by atoms with Gasteiger partial charge in [-0.25, -0.2) is 9.37 Å². The molecule has 6 rings (SSSR count). The Balaban J connectivity index is 1.38. The highest BCUT2D eigenvalue weighted by Gasteiger charge is 2.17. The molecule has 188 valence electrons. The number of halogens is 1. The quantitative estimate of drug-likeness (QED) is 0.216. The zero-order valence-corrected chi connectivity index (χ0v) is 20.8. The zero-order valence-electron chi connectivity index (χ0n) is 20.8. The molecule has 0 saturated carbocycles. The Bertz CT molecular complexity index is 1790. The molecule has 0 aliphatic carbocycles. The van der Waals surface area contributed by atoms with Crippen LogP contribution in [0.5, 0.6) is 0 Å². The Kier molecular flexibility index (Phi) is 6.13. The molecule has 38 heavy (non-hydrogen) atoms. The van der Waals surface area contributed by atoms with Gasteiger partial charge >= 0.3 is 0 Å². The number of hydrogen-bond donors (Lipinski definition) is 3. The monoisotopic (exact) mass is 504 g/mol. The molecule has 3 N–H and O–H groups in total. The largest absolute Gasteiger partial charge is 0.337 e. The fourth-order valence-corrected chi connectivity index (χ4v) is 4.64. The van der Waals surface area contributed by atoms with Gasteiger partial charge in [0, 0.05) is 34.7 Å².